The van der Waals surface area contributed by atoms with E-state index in [9.17, 15) is 4.79 Å². The maximum Gasteiger partial charge on any atom is 0.317 e. The summed E-state index contributed by atoms with van der Waals surface area (Å²) < 4.78 is 5.25. The Balaban J connectivity index is 1.82. The number of piperidine rings is 1. The van der Waals surface area contributed by atoms with Gasteiger partial charge in [-0.15, -0.1) is 0 Å². The molecular weight excluding hydrogens is 218 g/mol. The second-order valence-electron chi connectivity index (χ2n) is 5.22. The van der Waals surface area contributed by atoms with Gasteiger partial charge in [-0.3, -0.25) is 0 Å². The van der Waals surface area contributed by atoms with Gasteiger partial charge in [0.25, 0.3) is 0 Å². The first kappa shape index (κ1) is 12.6. The minimum absolute atomic E-state index is 0.0471. The molecule has 0 saturated carbocycles. The quantitative estimate of drug-likeness (QED) is 0.735. The third-order valence-electron chi connectivity index (χ3n) is 3.96. The maximum atomic E-state index is 12.0. The van der Waals surface area contributed by atoms with Crippen LogP contribution in [-0.2, 0) is 4.74 Å². The smallest absolute Gasteiger partial charge is 0.317 e. The molecular formula is C12H23N3O2. The van der Waals surface area contributed by atoms with Crippen molar-refractivity contribution in [1.29, 1.82) is 0 Å². The van der Waals surface area contributed by atoms with Crippen LogP contribution in [0.1, 0.15) is 19.8 Å². The Hall–Kier alpha value is -0.810. The SMILES string of the molecule is CC1CCN(C(=O)NC2CCOC2)CC1CN. The lowest BCUT2D eigenvalue weighted by atomic mass is 9.87. The van der Waals surface area contributed by atoms with Gasteiger partial charge in [-0.05, 0) is 31.2 Å². The summed E-state index contributed by atoms with van der Waals surface area (Å²) in [6, 6.07) is 0.240. The average Bonchev–Trinajstić information content (AvgIpc) is 2.82. The second kappa shape index (κ2) is 5.69. The van der Waals surface area contributed by atoms with Crippen molar-refractivity contribution in [3.8, 4) is 0 Å². The minimum atomic E-state index is 0.0471. The lowest BCUT2D eigenvalue weighted by molar-refractivity contribution is 0.135. The number of amides is 2. The van der Waals surface area contributed by atoms with Crippen molar-refractivity contribution in [2.45, 2.75) is 25.8 Å². The Morgan fingerprint density at radius 3 is 3.00 bits per heavy atom. The van der Waals surface area contributed by atoms with Crippen molar-refractivity contribution in [2.75, 3.05) is 32.8 Å². The molecule has 0 aromatic heterocycles. The van der Waals surface area contributed by atoms with Crippen molar-refractivity contribution in [3.63, 3.8) is 0 Å². The minimum Gasteiger partial charge on any atom is -0.379 e. The second-order valence-corrected chi connectivity index (χ2v) is 5.22. The van der Waals surface area contributed by atoms with Crippen LogP contribution in [0.25, 0.3) is 0 Å². The van der Waals surface area contributed by atoms with Crippen LogP contribution in [0.3, 0.4) is 0 Å². The molecule has 98 valence electrons. The Labute approximate surface area is 103 Å². The van der Waals surface area contributed by atoms with Crippen LogP contribution in [-0.4, -0.2) is 49.8 Å². The zero-order valence-electron chi connectivity index (χ0n) is 10.5. The fraction of sp³-hybridized carbons (Fsp3) is 0.917. The summed E-state index contributed by atoms with van der Waals surface area (Å²) in [6.45, 7) is 5.92. The summed E-state index contributed by atoms with van der Waals surface area (Å²) in [4.78, 5) is 13.9. The van der Waals surface area contributed by atoms with Crippen molar-refractivity contribution < 1.29 is 9.53 Å². The summed E-state index contributed by atoms with van der Waals surface area (Å²) >= 11 is 0. The van der Waals surface area contributed by atoms with E-state index in [-0.39, 0.29) is 12.1 Å². The molecule has 0 bridgehead atoms. The number of nitrogens with zero attached hydrogens (tertiary/aromatic N) is 1. The molecule has 0 spiro atoms. The van der Waals surface area contributed by atoms with Crippen LogP contribution in [0.2, 0.25) is 0 Å². The third kappa shape index (κ3) is 3.10. The van der Waals surface area contributed by atoms with Gasteiger partial charge in [0.05, 0.1) is 12.6 Å². The number of nitrogens with two attached hydrogens (primary N) is 1. The van der Waals surface area contributed by atoms with E-state index in [1.54, 1.807) is 0 Å². The van der Waals surface area contributed by atoms with E-state index >= 15 is 0 Å². The highest BCUT2D eigenvalue weighted by Crippen LogP contribution is 2.22. The van der Waals surface area contributed by atoms with E-state index in [4.69, 9.17) is 10.5 Å². The molecule has 5 nitrogen and oxygen atoms in total. The Morgan fingerprint density at radius 1 is 1.53 bits per heavy atom. The van der Waals surface area contributed by atoms with Crippen molar-refractivity contribution >= 4 is 6.03 Å². The molecule has 5 heteroatoms. The predicted molar refractivity (Wildman–Crippen MR) is 65.7 cm³/mol. The van der Waals surface area contributed by atoms with Gasteiger partial charge in [-0.2, -0.15) is 0 Å². The van der Waals surface area contributed by atoms with E-state index in [0.29, 0.717) is 25.0 Å². The first-order valence-electron chi connectivity index (χ1n) is 6.54. The molecule has 2 amide bonds. The van der Waals surface area contributed by atoms with Crippen LogP contribution in [0.15, 0.2) is 0 Å². The topological polar surface area (TPSA) is 67.6 Å². The zero-order valence-corrected chi connectivity index (χ0v) is 10.5. The van der Waals surface area contributed by atoms with E-state index in [0.717, 1.165) is 32.5 Å². The highest BCUT2D eigenvalue weighted by Gasteiger charge is 2.29. The fourth-order valence-electron chi connectivity index (χ4n) is 2.56. The Kier molecular flexibility index (Phi) is 4.23. The van der Waals surface area contributed by atoms with Crippen LogP contribution < -0.4 is 11.1 Å². The summed E-state index contributed by atoms with van der Waals surface area (Å²) in [7, 11) is 0. The summed E-state index contributed by atoms with van der Waals surface area (Å²) in [5, 5.41) is 3.03. The molecule has 2 rings (SSSR count). The molecule has 0 aromatic carbocycles. The van der Waals surface area contributed by atoms with Gasteiger partial charge in [0.2, 0.25) is 0 Å². The van der Waals surface area contributed by atoms with Gasteiger partial charge in [-0.1, -0.05) is 6.92 Å². The standard InChI is InChI=1S/C12H23N3O2/c1-9-2-4-15(7-10(9)6-13)12(16)14-11-3-5-17-8-11/h9-11H,2-8,13H2,1H3,(H,14,16). The molecule has 17 heavy (non-hydrogen) atoms. The fourth-order valence-corrected chi connectivity index (χ4v) is 2.56. The van der Waals surface area contributed by atoms with Crippen molar-refractivity contribution in [2.24, 2.45) is 17.6 Å². The van der Waals surface area contributed by atoms with Crippen molar-refractivity contribution in [3.05, 3.63) is 0 Å². The van der Waals surface area contributed by atoms with Crippen LogP contribution in [0.5, 0.6) is 0 Å². The highest BCUT2D eigenvalue weighted by molar-refractivity contribution is 5.74. The molecule has 0 aromatic rings. The lowest BCUT2D eigenvalue weighted by Gasteiger charge is -2.36. The van der Waals surface area contributed by atoms with Gasteiger partial charge in [-0.25, -0.2) is 4.79 Å². The number of hydrogen-bond acceptors (Lipinski definition) is 3. The number of urea groups is 1. The number of likely N-dealkylation sites (tertiary alicyclic amines) is 1. The Bertz CT molecular complexity index is 266. The summed E-state index contributed by atoms with van der Waals surface area (Å²) in [5.74, 6) is 1.06. The largest absolute Gasteiger partial charge is 0.379 e. The van der Waals surface area contributed by atoms with E-state index < -0.39 is 0 Å². The molecule has 2 heterocycles. The average molecular weight is 241 g/mol. The monoisotopic (exact) mass is 241 g/mol. The Morgan fingerprint density at radius 2 is 2.35 bits per heavy atom. The van der Waals surface area contributed by atoms with E-state index in [2.05, 4.69) is 12.2 Å². The molecule has 2 saturated heterocycles. The predicted octanol–water partition coefficient (Wildman–Crippen LogP) is 0.402. The highest BCUT2D eigenvalue weighted by atomic mass is 16.5. The van der Waals surface area contributed by atoms with E-state index in [1.165, 1.54) is 0 Å². The number of nitrogens with one attached hydrogen (secondary N) is 1. The lowest BCUT2D eigenvalue weighted by Crippen LogP contribution is -2.51. The molecule has 2 fully saturated rings. The van der Waals surface area contributed by atoms with Gasteiger partial charge in [0, 0.05) is 19.7 Å². The first-order valence-corrected chi connectivity index (χ1v) is 6.54. The summed E-state index contributed by atoms with van der Waals surface area (Å²) in [5.41, 5.74) is 5.74. The molecule has 0 radical (unpaired) electrons. The molecule has 2 aliphatic heterocycles. The van der Waals surface area contributed by atoms with E-state index in [1.807, 2.05) is 4.90 Å². The number of rotatable bonds is 2. The molecule has 2 aliphatic rings. The molecule has 3 N–H and O–H groups in total. The van der Waals surface area contributed by atoms with Gasteiger partial charge < -0.3 is 20.7 Å². The first-order chi connectivity index (χ1) is 8.20. The number of carbonyl (C=O) groups is 1. The van der Waals surface area contributed by atoms with Crippen LogP contribution >= 0.6 is 0 Å². The summed E-state index contributed by atoms with van der Waals surface area (Å²) in [6.07, 6.45) is 1.98. The number of carbonyl (C=O) groups excluding carboxylic acids is 1. The third-order valence-corrected chi connectivity index (χ3v) is 3.96. The normalized spacial score (nSPS) is 33.8. The van der Waals surface area contributed by atoms with Crippen molar-refractivity contribution in [1.82, 2.24) is 10.2 Å². The van der Waals surface area contributed by atoms with Gasteiger partial charge in [0.15, 0.2) is 0 Å². The molecule has 3 atom stereocenters. The van der Waals surface area contributed by atoms with Crippen LogP contribution in [0.4, 0.5) is 4.79 Å². The zero-order chi connectivity index (χ0) is 12.3. The number of hydrogen-bond donors (Lipinski definition) is 2. The van der Waals surface area contributed by atoms with Gasteiger partial charge >= 0.3 is 6.03 Å². The maximum absolute atomic E-state index is 12.0. The number of ether oxygens (including phenoxy) is 1. The van der Waals surface area contributed by atoms with Crippen LogP contribution in [0, 0.1) is 11.8 Å². The molecule has 3 unspecified atom stereocenters. The molecule has 0 aliphatic carbocycles. The van der Waals surface area contributed by atoms with Gasteiger partial charge in [0.1, 0.15) is 0 Å².